The first-order valence-corrected chi connectivity index (χ1v) is 11.6. The minimum atomic E-state index is -0.0992. The van der Waals surface area contributed by atoms with E-state index < -0.39 is 0 Å². The molecule has 0 amide bonds. The fraction of sp³-hybridized carbons (Fsp3) is 0.520. The highest BCUT2D eigenvalue weighted by Crippen LogP contribution is 2.42. The molecule has 2 aromatic rings. The lowest BCUT2D eigenvalue weighted by Gasteiger charge is -2.52. The van der Waals surface area contributed by atoms with Gasteiger partial charge in [-0.25, -0.2) is 0 Å². The quantitative estimate of drug-likeness (QED) is 0.532. The molecule has 1 aromatic carbocycles. The number of piperidine rings is 3. The van der Waals surface area contributed by atoms with E-state index in [1.165, 1.54) is 12.0 Å². The molecular formula is C25H34N4OS. The van der Waals surface area contributed by atoms with Gasteiger partial charge in [0.05, 0.1) is 18.7 Å². The Hall–Kier alpha value is -2.18. The molecular weight excluding hydrogens is 404 g/mol. The van der Waals surface area contributed by atoms with Crippen molar-refractivity contribution in [3.8, 4) is 5.75 Å². The van der Waals surface area contributed by atoms with E-state index in [0.717, 1.165) is 36.2 Å². The first kappa shape index (κ1) is 22.0. The van der Waals surface area contributed by atoms with Gasteiger partial charge in [-0.2, -0.15) is 0 Å². The molecule has 2 bridgehead atoms. The van der Waals surface area contributed by atoms with Gasteiger partial charge in [0.1, 0.15) is 5.75 Å². The number of aromatic nitrogens is 1. The van der Waals surface area contributed by atoms with E-state index in [4.69, 9.17) is 17.0 Å². The van der Waals surface area contributed by atoms with Crippen LogP contribution in [-0.4, -0.2) is 46.8 Å². The van der Waals surface area contributed by atoms with Crippen LogP contribution in [0.3, 0.4) is 0 Å². The van der Waals surface area contributed by atoms with E-state index in [1.807, 2.05) is 18.3 Å². The average Bonchev–Trinajstić information content (AvgIpc) is 2.75. The second-order valence-corrected chi connectivity index (χ2v) is 10.3. The Morgan fingerprint density at radius 3 is 2.81 bits per heavy atom. The molecule has 6 heteroatoms. The van der Waals surface area contributed by atoms with E-state index >= 15 is 0 Å². The Morgan fingerprint density at radius 2 is 2.16 bits per heavy atom. The molecule has 0 saturated carbocycles. The Kier molecular flexibility index (Phi) is 6.22. The summed E-state index contributed by atoms with van der Waals surface area (Å²) in [7, 11) is 1.70. The summed E-state index contributed by atoms with van der Waals surface area (Å²) >= 11 is 5.75. The maximum absolute atomic E-state index is 5.75. The van der Waals surface area contributed by atoms with E-state index in [-0.39, 0.29) is 11.6 Å². The number of nitrogens with zero attached hydrogens (tertiary/aromatic N) is 2. The summed E-state index contributed by atoms with van der Waals surface area (Å²) in [4.78, 5) is 7.22. The molecule has 31 heavy (non-hydrogen) atoms. The summed E-state index contributed by atoms with van der Waals surface area (Å²) in [5.41, 5.74) is 2.09. The highest BCUT2D eigenvalue weighted by atomic mass is 32.1. The van der Waals surface area contributed by atoms with E-state index in [9.17, 15) is 0 Å². The standard InChI is InChI=1S/C25H34N4OS/c1-6-16-15-29-12-10-17(16)13-22(29)23(27-24(31)28-25(2,3)4)19-9-11-26-21-8-7-18(30-5)14-20(19)21/h6-9,11,14,16-17,22-23H,1,10,12-13,15H2,2-5H3,(H2,27,28,31)/t16-,17-,22+,23-/m0/s1. The number of benzene rings is 1. The predicted octanol–water partition coefficient (Wildman–Crippen LogP) is 4.44. The zero-order valence-corrected chi connectivity index (χ0v) is 19.8. The summed E-state index contributed by atoms with van der Waals surface area (Å²) in [5, 5.41) is 8.93. The Bertz CT molecular complexity index is 970. The van der Waals surface area contributed by atoms with Crippen molar-refractivity contribution in [3.05, 3.63) is 48.7 Å². The largest absolute Gasteiger partial charge is 0.497 e. The van der Waals surface area contributed by atoms with Crippen LogP contribution in [0.4, 0.5) is 0 Å². The van der Waals surface area contributed by atoms with Gasteiger partial charge in [-0.3, -0.25) is 9.88 Å². The van der Waals surface area contributed by atoms with Gasteiger partial charge >= 0.3 is 0 Å². The van der Waals surface area contributed by atoms with Crippen molar-refractivity contribution in [2.24, 2.45) is 11.8 Å². The van der Waals surface area contributed by atoms with Gasteiger partial charge in [-0.05, 0) is 94.0 Å². The van der Waals surface area contributed by atoms with Crippen LogP contribution in [0.25, 0.3) is 10.9 Å². The first-order valence-electron chi connectivity index (χ1n) is 11.2. The Morgan fingerprint density at radius 1 is 1.35 bits per heavy atom. The third-order valence-corrected chi connectivity index (χ3v) is 6.85. The van der Waals surface area contributed by atoms with Crippen molar-refractivity contribution in [1.29, 1.82) is 0 Å². The highest BCUT2D eigenvalue weighted by Gasteiger charge is 2.43. The SMILES string of the molecule is C=C[C@H]1CN2CC[C@H]1C[C@@H]2[C@@H](NC(=S)NC(C)(C)C)c1ccnc2ccc(OC)cc12. The molecule has 2 N–H and O–H groups in total. The third-order valence-electron chi connectivity index (χ3n) is 6.63. The van der Waals surface area contributed by atoms with Crippen molar-refractivity contribution in [2.75, 3.05) is 20.2 Å². The molecule has 166 valence electrons. The molecule has 3 fully saturated rings. The number of hydrogen-bond donors (Lipinski definition) is 2. The van der Waals surface area contributed by atoms with Gasteiger partial charge in [0, 0.05) is 29.7 Å². The lowest BCUT2D eigenvalue weighted by molar-refractivity contribution is 0.00424. The van der Waals surface area contributed by atoms with Crippen LogP contribution in [0.1, 0.15) is 45.2 Å². The second-order valence-electron chi connectivity index (χ2n) is 9.86. The normalized spacial score (nSPS) is 26.3. The third kappa shape index (κ3) is 4.70. The highest BCUT2D eigenvalue weighted by molar-refractivity contribution is 7.80. The summed E-state index contributed by atoms with van der Waals surface area (Å²) in [6, 6.07) is 8.65. The Balaban J connectivity index is 1.74. The lowest BCUT2D eigenvalue weighted by atomic mass is 9.73. The molecule has 0 aliphatic carbocycles. The lowest BCUT2D eigenvalue weighted by Crippen LogP contribution is -2.58. The fourth-order valence-corrected chi connectivity index (χ4v) is 5.60. The molecule has 1 aromatic heterocycles. The van der Waals surface area contributed by atoms with Gasteiger partial charge in [-0.1, -0.05) is 6.08 Å². The maximum atomic E-state index is 5.75. The van der Waals surface area contributed by atoms with E-state index in [0.29, 0.717) is 23.0 Å². The number of methoxy groups -OCH3 is 1. The van der Waals surface area contributed by atoms with Crippen LogP contribution < -0.4 is 15.4 Å². The predicted molar refractivity (Wildman–Crippen MR) is 131 cm³/mol. The topological polar surface area (TPSA) is 49.4 Å². The van der Waals surface area contributed by atoms with Crippen LogP contribution in [0.2, 0.25) is 0 Å². The minimum absolute atomic E-state index is 0.0634. The molecule has 5 atom stereocenters. The van der Waals surface area contributed by atoms with Crippen molar-refractivity contribution < 1.29 is 4.74 Å². The van der Waals surface area contributed by atoms with Gasteiger partial charge in [-0.15, -0.1) is 6.58 Å². The molecule has 3 aliphatic rings. The van der Waals surface area contributed by atoms with Crippen LogP contribution in [-0.2, 0) is 0 Å². The van der Waals surface area contributed by atoms with Crippen molar-refractivity contribution in [1.82, 2.24) is 20.5 Å². The van der Waals surface area contributed by atoms with Gasteiger partial charge in [0.25, 0.3) is 0 Å². The number of pyridine rings is 1. The van der Waals surface area contributed by atoms with Crippen LogP contribution in [0.5, 0.6) is 5.75 Å². The van der Waals surface area contributed by atoms with Crippen LogP contribution in [0.15, 0.2) is 43.1 Å². The molecule has 5 nitrogen and oxygen atoms in total. The number of ether oxygens (including phenoxy) is 1. The molecule has 3 aliphatic heterocycles. The van der Waals surface area contributed by atoms with Crippen molar-refractivity contribution >= 4 is 28.2 Å². The van der Waals surface area contributed by atoms with Crippen molar-refractivity contribution in [2.45, 2.75) is 51.2 Å². The summed E-state index contributed by atoms with van der Waals surface area (Å²) in [6.07, 6.45) is 6.44. The number of fused-ring (bicyclic) bond motifs is 4. The molecule has 4 heterocycles. The minimum Gasteiger partial charge on any atom is -0.497 e. The number of nitrogens with one attached hydrogen (secondary N) is 2. The molecule has 3 saturated heterocycles. The molecule has 5 rings (SSSR count). The number of hydrogen-bond acceptors (Lipinski definition) is 4. The van der Waals surface area contributed by atoms with Gasteiger partial charge < -0.3 is 15.4 Å². The monoisotopic (exact) mass is 438 g/mol. The smallest absolute Gasteiger partial charge is 0.167 e. The number of rotatable bonds is 5. The zero-order chi connectivity index (χ0) is 22.2. The van der Waals surface area contributed by atoms with Crippen LogP contribution >= 0.6 is 12.2 Å². The first-order chi connectivity index (χ1) is 14.8. The second kappa shape index (κ2) is 8.75. The average molecular weight is 439 g/mol. The fourth-order valence-electron chi connectivity index (χ4n) is 5.17. The van der Waals surface area contributed by atoms with E-state index in [1.54, 1.807) is 7.11 Å². The molecule has 0 radical (unpaired) electrons. The summed E-state index contributed by atoms with van der Waals surface area (Å²) < 4.78 is 5.52. The maximum Gasteiger partial charge on any atom is 0.167 e. The van der Waals surface area contributed by atoms with Crippen LogP contribution in [0, 0.1) is 11.8 Å². The van der Waals surface area contributed by atoms with Crippen molar-refractivity contribution in [3.63, 3.8) is 0 Å². The van der Waals surface area contributed by atoms with Gasteiger partial charge in [0.2, 0.25) is 0 Å². The van der Waals surface area contributed by atoms with Gasteiger partial charge in [0.15, 0.2) is 5.11 Å². The molecule has 0 spiro atoms. The zero-order valence-electron chi connectivity index (χ0n) is 19.0. The van der Waals surface area contributed by atoms with E-state index in [2.05, 4.69) is 66.1 Å². The summed E-state index contributed by atoms with van der Waals surface area (Å²) in [5.74, 6) is 2.11. The molecule has 1 unspecified atom stereocenters. The Labute approximate surface area is 191 Å². The number of thiocarbonyl (C=S) groups is 1. The summed E-state index contributed by atoms with van der Waals surface area (Å²) in [6.45, 7) is 12.7.